The molecule has 0 bridgehead atoms. The van der Waals surface area contributed by atoms with Crippen molar-refractivity contribution in [3.63, 3.8) is 0 Å². The smallest absolute Gasteiger partial charge is 0.246 e. The van der Waals surface area contributed by atoms with E-state index in [2.05, 4.69) is 4.98 Å². The van der Waals surface area contributed by atoms with Crippen molar-refractivity contribution in [2.75, 3.05) is 7.05 Å². The summed E-state index contributed by atoms with van der Waals surface area (Å²) < 4.78 is 0. The summed E-state index contributed by atoms with van der Waals surface area (Å²) in [6.45, 7) is 3.94. The maximum absolute atomic E-state index is 12.5. The van der Waals surface area contributed by atoms with E-state index >= 15 is 0 Å². The predicted molar refractivity (Wildman–Crippen MR) is 84.0 cm³/mol. The molecule has 0 spiro atoms. The third-order valence-corrected chi connectivity index (χ3v) is 4.45. The van der Waals surface area contributed by atoms with Crippen LogP contribution in [0.2, 0.25) is 0 Å². The van der Waals surface area contributed by atoms with Gasteiger partial charge in [0.1, 0.15) is 12.1 Å². The zero-order valence-electron chi connectivity index (χ0n) is 13.0. The molecule has 0 radical (unpaired) electrons. The van der Waals surface area contributed by atoms with Gasteiger partial charge in [-0.1, -0.05) is 24.3 Å². The third-order valence-electron chi connectivity index (χ3n) is 4.45. The van der Waals surface area contributed by atoms with Crippen LogP contribution < -0.4 is 0 Å². The Kier molecular flexibility index (Phi) is 3.56. The summed E-state index contributed by atoms with van der Waals surface area (Å²) in [4.78, 5) is 32.4. The van der Waals surface area contributed by atoms with E-state index in [1.165, 1.54) is 4.90 Å². The lowest BCUT2D eigenvalue weighted by molar-refractivity contribution is -0.159. The maximum atomic E-state index is 12.5. The van der Waals surface area contributed by atoms with Crippen LogP contribution in [0.5, 0.6) is 0 Å². The quantitative estimate of drug-likeness (QED) is 0.849. The van der Waals surface area contributed by atoms with Crippen molar-refractivity contribution in [2.45, 2.75) is 32.5 Å². The predicted octanol–water partition coefficient (Wildman–Crippen LogP) is 1.81. The number of hydrogen-bond acceptors (Lipinski definition) is 3. The molecule has 114 valence electrons. The Labute approximate surface area is 129 Å². The fraction of sp³-hybridized carbons (Fsp3) is 0.353. The Morgan fingerprint density at radius 1 is 1.05 bits per heavy atom. The number of para-hydroxylation sites is 1. The van der Waals surface area contributed by atoms with E-state index in [9.17, 15) is 9.59 Å². The first kappa shape index (κ1) is 14.5. The van der Waals surface area contributed by atoms with E-state index in [-0.39, 0.29) is 11.8 Å². The molecule has 1 aromatic carbocycles. The third kappa shape index (κ3) is 2.22. The number of aromatic nitrogens is 1. The summed E-state index contributed by atoms with van der Waals surface area (Å²) in [5.41, 5.74) is 1.84. The Morgan fingerprint density at radius 2 is 1.77 bits per heavy atom. The summed E-state index contributed by atoms with van der Waals surface area (Å²) in [7, 11) is 1.68. The van der Waals surface area contributed by atoms with E-state index in [0.29, 0.717) is 6.54 Å². The summed E-state index contributed by atoms with van der Waals surface area (Å²) in [6.07, 6.45) is 1.74. The lowest BCUT2D eigenvalue weighted by atomic mass is 10.0. The molecule has 2 amide bonds. The van der Waals surface area contributed by atoms with Crippen LogP contribution in [-0.2, 0) is 16.1 Å². The minimum absolute atomic E-state index is 0.0254. The average Bonchev–Trinajstić information content (AvgIpc) is 2.55. The van der Waals surface area contributed by atoms with Gasteiger partial charge in [-0.25, -0.2) is 0 Å². The molecule has 1 fully saturated rings. The van der Waals surface area contributed by atoms with Crippen molar-refractivity contribution in [3.8, 4) is 0 Å². The van der Waals surface area contributed by atoms with Gasteiger partial charge in [0.25, 0.3) is 0 Å². The monoisotopic (exact) mass is 297 g/mol. The van der Waals surface area contributed by atoms with Gasteiger partial charge in [-0.2, -0.15) is 0 Å². The van der Waals surface area contributed by atoms with Crippen LogP contribution in [0.4, 0.5) is 0 Å². The van der Waals surface area contributed by atoms with Crippen LogP contribution in [-0.4, -0.2) is 45.7 Å². The van der Waals surface area contributed by atoms with Gasteiger partial charge in [-0.15, -0.1) is 0 Å². The van der Waals surface area contributed by atoms with Crippen molar-refractivity contribution < 1.29 is 9.59 Å². The van der Waals surface area contributed by atoms with Gasteiger partial charge >= 0.3 is 0 Å². The summed E-state index contributed by atoms with van der Waals surface area (Å²) in [6, 6.07) is 8.92. The number of benzene rings is 1. The molecule has 0 aliphatic carbocycles. The van der Waals surface area contributed by atoms with Crippen molar-refractivity contribution in [3.05, 3.63) is 42.1 Å². The van der Waals surface area contributed by atoms with Crippen molar-refractivity contribution in [2.24, 2.45) is 0 Å². The van der Waals surface area contributed by atoms with Crippen molar-refractivity contribution >= 4 is 22.7 Å². The van der Waals surface area contributed by atoms with E-state index in [0.717, 1.165) is 16.5 Å². The van der Waals surface area contributed by atoms with Crippen molar-refractivity contribution in [1.29, 1.82) is 0 Å². The number of carbonyl (C=O) groups is 2. The van der Waals surface area contributed by atoms with Gasteiger partial charge in [0, 0.05) is 25.2 Å². The van der Waals surface area contributed by atoms with E-state index in [1.54, 1.807) is 32.0 Å². The van der Waals surface area contributed by atoms with Crippen LogP contribution in [0.25, 0.3) is 10.9 Å². The number of pyridine rings is 1. The van der Waals surface area contributed by atoms with Gasteiger partial charge in [-0.05, 0) is 25.5 Å². The fourth-order valence-electron chi connectivity index (χ4n) is 2.91. The topological polar surface area (TPSA) is 53.5 Å². The second kappa shape index (κ2) is 5.40. The number of likely N-dealkylation sites (N-methyl/N-ethyl adjacent to an activating group) is 1. The molecule has 2 atom stereocenters. The molecule has 1 aliphatic heterocycles. The van der Waals surface area contributed by atoms with Crippen LogP contribution in [0.3, 0.4) is 0 Å². The first-order valence-electron chi connectivity index (χ1n) is 7.40. The van der Waals surface area contributed by atoms with Gasteiger partial charge in [0.15, 0.2) is 0 Å². The number of carbonyl (C=O) groups excluding carboxylic acids is 2. The molecular formula is C17H19N3O2. The number of hydrogen-bond donors (Lipinski definition) is 0. The molecule has 22 heavy (non-hydrogen) atoms. The Hall–Kier alpha value is -2.43. The highest BCUT2D eigenvalue weighted by Crippen LogP contribution is 2.23. The van der Waals surface area contributed by atoms with Gasteiger partial charge < -0.3 is 9.80 Å². The molecule has 2 heterocycles. The molecule has 0 unspecified atom stereocenters. The highest BCUT2D eigenvalue weighted by Gasteiger charge is 2.39. The first-order chi connectivity index (χ1) is 10.5. The van der Waals surface area contributed by atoms with Crippen molar-refractivity contribution in [1.82, 2.24) is 14.8 Å². The zero-order valence-corrected chi connectivity index (χ0v) is 13.0. The van der Waals surface area contributed by atoms with Crippen LogP contribution >= 0.6 is 0 Å². The van der Waals surface area contributed by atoms with Crippen LogP contribution in [0.15, 0.2) is 36.5 Å². The first-order valence-corrected chi connectivity index (χ1v) is 7.40. The standard InChI is InChI=1S/C17H19N3O2/c1-11-17(22)20(12(2)16(21)19(11)3)10-14-7-4-6-13-8-5-9-18-15(13)14/h4-9,11-12H,10H2,1-3H3/t11-,12-/m0/s1. The minimum Gasteiger partial charge on any atom is -0.332 e. The van der Waals surface area contributed by atoms with E-state index in [4.69, 9.17) is 0 Å². The molecule has 5 heteroatoms. The van der Waals surface area contributed by atoms with Crippen LogP contribution in [0, 0.1) is 0 Å². The Balaban J connectivity index is 1.97. The molecular weight excluding hydrogens is 278 g/mol. The SMILES string of the molecule is C[C@H]1C(=O)N(Cc2cccc3cccnc23)[C@@H](C)C(=O)N1C. The molecule has 1 aliphatic rings. The highest BCUT2D eigenvalue weighted by atomic mass is 16.2. The number of amides is 2. The number of fused-ring (bicyclic) bond motifs is 1. The second-order valence-corrected chi connectivity index (χ2v) is 5.76. The molecule has 3 rings (SSSR count). The number of rotatable bonds is 2. The zero-order chi connectivity index (χ0) is 15.9. The largest absolute Gasteiger partial charge is 0.332 e. The molecule has 5 nitrogen and oxygen atoms in total. The number of piperazine rings is 1. The number of nitrogens with zero attached hydrogens (tertiary/aromatic N) is 3. The summed E-state index contributed by atoms with van der Waals surface area (Å²) in [5.74, 6) is -0.0529. The Bertz CT molecular complexity index is 738. The molecule has 0 N–H and O–H groups in total. The fourth-order valence-corrected chi connectivity index (χ4v) is 2.91. The van der Waals surface area contributed by atoms with Gasteiger partial charge in [0.2, 0.25) is 11.8 Å². The van der Waals surface area contributed by atoms with Gasteiger partial charge in [-0.3, -0.25) is 14.6 Å². The molecule has 1 aromatic heterocycles. The minimum atomic E-state index is -0.451. The molecule has 2 aromatic rings. The maximum Gasteiger partial charge on any atom is 0.246 e. The Morgan fingerprint density at radius 3 is 2.55 bits per heavy atom. The lowest BCUT2D eigenvalue weighted by Gasteiger charge is -2.41. The van der Waals surface area contributed by atoms with Gasteiger partial charge in [0.05, 0.1) is 5.52 Å². The molecule has 0 saturated carbocycles. The lowest BCUT2D eigenvalue weighted by Crippen LogP contribution is -2.61. The van der Waals surface area contributed by atoms with Crippen LogP contribution in [0.1, 0.15) is 19.4 Å². The highest BCUT2D eigenvalue weighted by molar-refractivity contribution is 5.96. The molecule has 1 saturated heterocycles. The van der Waals surface area contributed by atoms with E-state index in [1.807, 2.05) is 30.3 Å². The summed E-state index contributed by atoms with van der Waals surface area (Å²) in [5, 5.41) is 1.04. The average molecular weight is 297 g/mol. The normalized spacial score (nSPS) is 22.5. The summed E-state index contributed by atoms with van der Waals surface area (Å²) >= 11 is 0. The second-order valence-electron chi connectivity index (χ2n) is 5.76. The van der Waals surface area contributed by atoms with E-state index < -0.39 is 12.1 Å².